The van der Waals surface area contributed by atoms with Crippen molar-refractivity contribution >= 4 is 58.9 Å². The monoisotopic (exact) mass is 468 g/mol. The maximum atomic E-state index is 10.3. The Labute approximate surface area is 184 Å². The molecule has 0 radical (unpaired) electrons. The Morgan fingerprint density at radius 3 is 1.11 bits per heavy atom. The summed E-state index contributed by atoms with van der Waals surface area (Å²) in [4.78, 5) is 60.3. The molecule has 0 spiro atoms. The van der Waals surface area contributed by atoms with Crippen molar-refractivity contribution in [3.8, 4) is 0 Å². The molecule has 0 aromatic rings. The minimum atomic E-state index is -2.97. The standard InChI is InChI=1S/2C6H8O7.Mg.Zn/c2*7-3(8)1-6(13,5(11)12)2-4(9)10;;/h2*13H,1-2H2,(H,7,8)(H,9,10)(H,11,12);;/q;;2*+2/p-4. The van der Waals surface area contributed by atoms with E-state index in [1.54, 1.807) is 0 Å². The van der Waals surface area contributed by atoms with Gasteiger partial charge < -0.3 is 60.0 Å². The number of carbonyl (C=O) groups excluding carboxylic acids is 4. The van der Waals surface area contributed by atoms with E-state index >= 15 is 0 Å². The van der Waals surface area contributed by atoms with Gasteiger partial charge in [0.15, 0.2) is 5.60 Å². The van der Waals surface area contributed by atoms with Crippen molar-refractivity contribution in [2.45, 2.75) is 36.9 Å². The second-order valence-corrected chi connectivity index (χ2v) is 4.87. The van der Waals surface area contributed by atoms with E-state index < -0.39 is 72.7 Å². The molecule has 0 saturated carbocycles. The fourth-order valence-electron chi connectivity index (χ4n) is 1.39. The van der Waals surface area contributed by atoms with Crippen molar-refractivity contribution in [2.75, 3.05) is 0 Å². The Morgan fingerprint density at radius 2 is 0.929 bits per heavy atom. The Kier molecular flexibility index (Phi) is 17.1. The first kappa shape index (κ1) is 33.7. The van der Waals surface area contributed by atoms with E-state index in [4.69, 9.17) is 20.4 Å². The maximum absolute atomic E-state index is 10.3. The molecule has 4 N–H and O–H groups in total. The summed E-state index contributed by atoms with van der Waals surface area (Å²) in [7, 11) is 0. The molecule has 0 fully saturated rings. The average Bonchev–Trinajstić information content (AvgIpc) is 2.34. The first-order valence-corrected chi connectivity index (χ1v) is 6.26. The molecule has 0 saturated heterocycles. The zero-order valence-corrected chi connectivity index (χ0v) is 18.5. The number of hydrogen-bond donors (Lipinski definition) is 4. The molecule has 0 aliphatic heterocycles. The molecule has 0 rings (SSSR count). The van der Waals surface area contributed by atoms with Gasteiger partial charge in [-0.3, -0.25) is 4.79 Å². The Morgan fingerprint density at radius 1 is 0.643 bits per heavy atom. The normalized spacial score (nSPS) is 11.8. The minimum Gasteiger partial charge on any atom is -0.550 e. The largest absolute Gasteiger partial charge is 2.00 e. The van der Waals surface area contributed by atoms with Crippen LogP contribution in [0.15, 0.2) is 0 Å². The van der Waals surface area contributed by atoms with Gasteiger partial charge >= 0.3 is 54.5 Å². The van der Waals surface area contributed by atoms with Gasteiger partial charge in [-0.15, -0.1) is 0 Å². The smallest absolute Gasteiger partial charge is 0.550 e. The Balaban J connectivity index is -0.000000192. The summed E-state index contributed by atoms with van der Waals surface area (Å²) in [5, 5.41) is 74.4. The Bertz CT molecular complexity index is 519. The molecule has 0 amide bonds. The average molecular weight is 470 g/mol. The van der Waals surface area contributed by atoms with Gasteiger partial charge in [0.2, 0.25) is 0 Å². The summed E-state index contributed by atoms with van der Waals surface area (Å²) >= 11 is 0. The fourth-order valence-corrected chi connectivity index (χ4v) is 1.39. The van der Waals surface area contributed by atoms with Gasteiger partial charge in [-0.25, -0.2) is 4.79 Å². The van der Waals surface area contributed by atoms with Crippen LogP contribution in [0.2, 0.25) is 0 Å². The van der Waals surface area contributed by atoms with Gasteiger partial charge in [-0.2, -0.15) is 0 Å². The van der Waals surface area contributed by atoms with Crippen LogP contribution < -0.4 is 20.4 Å². The zero-order valence-electron chi connectivity index (χ0n) is 14.1. The summed E-state index contributed by atoms with van der Waals surface area (Å²) in [6, 6.07) is 0. The first-order valence-electron chi connectivity index (χ1n) is 6.26. The number of carboxylic acids is 6. The van der Waals surface area contributed by atoms with E-state index in [-0.39, 0.29) is 42.5 Å². The quantitative estimate of drug-likeness (QED) is 0.216. The van der Waals surface area contributed by atoms with Crippen LogP contribution in [0.4, 0.5) is 0 Å². The van der Waals surface area contributed by atoms with Gasteiger partial charge in [0, 0.05) is 37.2 Å². The third-order valence-electron chi connectivity index (χ3n) is 2.53. The van der Waals surface area contributed by atoms with Crippen molar-refractivity contribution in [2.24, 2.45) is 0 Å². The third kappa shape index (κ3) is 14.2. The molecule has 0 bridgehead atoms. The van der Waals surface area contributed by atoms with Gasteiger partial charge in [-0.1, -0.05) is 0 Å². The first-order chi connectivity index (χ1) is 11.6. The molecule has 0 aliphatic carbocycles. The summed E-state index contributed by atoms with van der Waals surface area (Å²) in [6.07, 6.45) is -5.16. The van der Waals surface area contributed by atoms with Gasteiger partial charge in [0.1, 0.15) is 5.60 Å². The predicted molar refractivity (Wildman–Crippen MR) is 69.4 cm³/mol. The summed E-state index contributed by atoms with van der Waals surface area (Å²) in [5.41, 5.74) is -5.78. The maximum Gasteiger partial charge on any atom is 2.00 e. The molecule has 28 heavy (non-hydrogen) atoms. The molecule has 148 valence electrons. The molecule has 0 aromatic carbocycles. The zero-order chi connectivity index (χ0) is 21.3. The van der Waals surface area contributed by atoms with Crippen molar-refractivity contribution in [1.82, 2.24) is 0 Å². The van der Waals surface area contributed by atoms with Crippen LogP contribution in [0, 0.1) is 0 Å². The van der Waals surface area contributed by atoms with Crippen LogP contribution in [0.3, 0.4) is 0 Å². The van der Waals surface area contributed by atoms with Crippen LogP contribution in [-0.2, 0) is 48.2 Å². The molecule has 1 unspecified atom stereocenters. The van der Waals surface area contributed by atoms with Crippen LogP contribution in [0.1, 0.15) is 25.7 Å². The molecule has 14 nitrogen and oxygen atoms in total. The summed E-state index contributed by atoms with van der Waals surface area (Å²) < 4.78 is 0. The van der Waals surface area contributed by atoms with Crippen LogP contribution in [0.25, 0.3) is 0 Å². The van der Waals surface area contributed by atoms with E-state index in [1.165, 1.54) is 0 Å². The molecule has 1 atom stereocenters. The van der Waals surface area contributed by atoms with E-state index in [2.05, 4.69) is 0 Å². The van der Waals surface area contributed by atoms with Gasteiger partial charge in [0.05, 0.1) is 12.4 Å². The van der Waals surface area contributed by atoms with E-state index in [1.807, 2.05) is 0 Å². The summed E-state index contributed by atoms with van der Waals surface area (Å²) in [6.45, 7) is 0. The molecule has 0 aromatic heterocycles. The second-order valence-electron chi connectivity index (χ2n) is 4.87. The van der Waals surface area contributed by atoms with E-state index in [9.17, 15) is 49.2 Å². The third-order valence-corrected chi connectivity index (χ3v) is 2.53. The molecule has 0 heterocycles. The van der Waals surface area contributed by atoms with Crippen molar-refractivity contribution in [1.29, 1.82) is 0 Å². The minimum absolute atomic E-state index is 0. The van der Waals surface area contributed by atoms with Crippen LogP contribution >= 0.6 is 0 Å². The van der Waals surface area contributed by atoms with Crippen molar-refractivity contribution in [3.05, 3.63) is 0 Å². The SMILES string of the molecule is O=C([O-])CC(O)(CC(=O)O)C(=O)O.O=C([O-])CC(O)(CC(=O)[O-])C(=O)[O-].[Mg+2].[Zn+2]. The molecular weight excluding hydrogens is 458 g/mol. The molecule has 16 heteroatoms. The Hall–Kier alpha value is -1.87. The van der Waals surface area contributed by atoms with Crippen LogP contribution in [-0.4, -0.2) is 90.5 Å². The number of aliphatic carboxylic acids is 6. The molecular formula is C12H12MgO14Zn. The predicted octanol–water partition coefficient (Wildman–Crippen LogP) is -8.22. The number of hydrogen-bond acceptors (Lipinski definition) is 12. The van der Waals surface area contributed by atoms with E-state index in [0.717, 1.165) is 0 Å². The van der Waals surface area contributed by atoms with Gasteiger partial charge in [0.25, 0.3) is 0 Å². The second kappa shape index (κ2) is 14.2. The number of carbonyl (C=O) groups is 6. The fraction of sp³-hybridized carbons (Fsp3) is 0.500. The summed E-state index contributed by atoms with van der Waals surface area (Å²) in [5.74, 6) is -11.3. The topological polar surface area (TPSA) is 276 Å². The number of carboxylic acid groups (broad SMARTS) is 6. The van der Waals surface area contributed by atoms with Gasteiger partial charge in [-0.05, 0) is 0 Å². The van der Waals surface area contributed by atoms with Crippen molar-refractivity contribution < 1.29 is 89.1 Å². The van der Waals surface area contributed by atoms with E-state index in [0.29, 0.717) is 0 Å². The number of aliphatic hydroxyl groups is 2. The van der Waals surface area contributed by atoms with Crippen LogP contribution in [0.5, 0.6) is 0 Å². The number of rotatable bonds is 10. The van der Waals surface area contributed by atoms with Crippen molar-refractivity contribution in [3.63, 3.8) is 0 Å². The molecule has 0 aliphatic rings.